The van der Waals surface area contributed by atoms with Crippen molar-refractivity contribution >= 4 is 0 Å². The third kappa shape index (κ3) is 3.21. The van der Waals surface area contributed by atoms with Crippen molar-refractivity contribution in [1.82, 2.24) is 4.90 Å². The van der Waals surface area contributed by atoms with Gasteiger partial charge in [0.2, 0.25) is 0 Å². The number of benzene rings is 1. The van der Waals surface area contributed by atoms with Crippen molar-refractivity contribution in [1.29, 1.82) is 0 Å². The van der Waals surface area contributed by atoms with E-state index in [1.165, 1.54) is 25.3 Å². The van der Waals surface area contributed by atoms with E-state index >= 15 is 0 Å². The van der Waals surface area contributed by atoms with Crippen LogP contribution in [0.15, 0.2) is 24.3 Å². The topological polar surface area (TPSA) is 29.3 Å². The molecule has 2 unspecified atom stereocenters. The average molecular weight is 278 g/mol. The first-order chi connectivity index (χ1) is 9.61. The van der Waals surface area contributed by atoms with Crippen molar-refractivity contribution in [2.24, 2.45) is 11.7 Å². The van der Waals surface area contributed by atoms with Crippen LogP contribution in [-0.2, 0) is 6.54 Å². The third-order valence-corrected chi connectivity index (χ3v) is 5.06. The van der Waals surface area contributed by atoms with E-state index in [2.05, 4.69) is 18.9 Å². The van der Waals surface area contributed by atoms with Crippen molar-refractivity contribution in [3.63, 3.8) is 0 Å². The van der Waals surface area contributed by atoms with Gasteiger partial charge in [-0.25, -0.2) is 4.39 Å². The molecule has 1 saturated carbocycles. The molecule has 0 spiro atoms. The van der Waals surface area contributed by atoms with Crippen LogP contribution < -0.4 is 5.73 Å². The fourth-order valence-corrected chi connectivity index (χ4v) is 3.55. The van der Waals surface area contributed by atoms with Crippen LogP contribution in [0.1, 0.15) is 44.6 Å². The van der Waals surface area contributed by atoms with Crippen molar-refractivity contribution in [3.8, 4) is 0 Å². The summed E-state index contributed by atoms with van der Waals surface area (Å²) in [7, 11) is 2.09. The number of halogens is 1. The lowest BCUT2D eigenvalue weighted by Crippen LogP contribution is -2.54. The minimum Gasteiger partial charge on any atom is -0.329 e. The zero-order valence-electron chi connectivity index (χ0n) is 12.7. The molecule has 0 radical (unpaired) electrons. The molecule has 1 aliphatic carbocycles. The Hall–Kier alpha value is -0.930. The van der Waals surface area contributed by atoms with Gasteiger partial charge in [-0.05, 0) is 31.9 Å². The Balaban J connectivity index is 2.12. The largest absolute Gasteiger partial charge is 0.329 e. The van der Waals surface area contributed by atoms with E-state index in [1.54, 1.807) is 6.07 Å². The summed E-state index contributed by atoms with van der Waals surface area (Å²) >= 11 is 0. The molecule has 1 aliphatic rings. The molecular weight excluding hydrogens is 251 g/mol. The fourth-order valence-electron chi connectivity index (χ4n) is 3.55. The summed E-state index contributed by atoms with van der Waals surface area (Å²) in [4.78, 5) is 2.28. The quantitative estimate of drug-likeness (QED) is 0.892. The highest BCUT2D eigenvalue weighted by molar-refractivity contribution is 5.17. The van der Waals surface area contributed by atoms with Gasteiger partial charge in [0.25, 0.3) is 0 Å². The van der Waals surface area contributed by atoms with Gasteiger partial charge in [0, 0.05) is 24.2 Å². The average Bonchev–Trinajstić information content (AvgIpc) is 2.49. The van der Waals surface area contributed by atoms with Crippen LogP contribution in [0, 0.1) is 11.7 Å². The normalized spacial score (nSPS) is 26.9. The Morgan fingerprint density at radius 3 is 2.80 bits per heavy atom. The zero-order chi connectivity index (χ0) is 14.6. The lowest BCUT2D eigenvalue weighted by atomic mass is 9.73. The molecule has 0 saturated heterocycles. The number of likely N-dealkylation sites (N-methyl/N-ethyl adjacent to an activating group) is 1. The molecule has 1 aromatic rings. The summed E-state index contributed by atoms with van der Waals surface area (Å²) in [6.07, 6.45) is 6.04. The van der Waals surface area contributed by atoms with Gasteiger partial charge in [0.05, 0.1) is 0 Å². The first-order valence-corrected chi connectivity index (χ1v) is 7.76. The number of hydrogen-bond donors (Lipinski definition) is 1. The summed E-state index contributed by atoms with van der Waals surface area (Å²) in [6, 6.07) is 7.05. The predicted octanol–water partition coefficient (Wildman–Crippen LogP) is 3.56. The smallest absolute Gasteiger partial charge is 0.127 e. The fraction of sp³-hybridized carbons (Fsp3) is 0.647. The van der Waals surface area contributed by atoms with Crippen LogP contribution >= 0.6 is 0 Å². The summed E-state index contributed by atoms with van der Waals surface area (Å²) < 4.78 is 13.8. The lowest BCUT2D eigenvalue weighted by molar-refractivity contribution is 0.0496. The van der Waals surface area contributed by atoms with Crippen molar-refractivity contribution in [3.05, 3.63) is 35.6 Å². The molecule has 1 aromatic carbocycles. The van der Waals surface area contributed by atoms with Crippen molar-refractivity contribution < 1.29 is 4.39 Å². The maximum absolute atomic E-state index is 13.8. The Morgan fingerprint density at radius 2 is 2.15 bits per heavy atom. The van der Waals surface area contributed by atoms with Crippen molar-refractivity contribution in [2.45, 2.75) is 51.1 Å². The molecule has 2 rings (SSSR count). The van der Waals surface area contributed by atoms with E-state index in [1.807, 2.05) is 12.1 Å². The lowest BCUT2D eigenvalue weighted by Gasteiger charge is -2.46. The van der Waals surface area contributed by atoms with Crippen LogP contribution in [0.3, 0.4) is 0 Å². The minimum absolute atomic E-state index is 0.0429. The van der Waals surface area contributed by atoms with Crippen LogP contribution in [0.4, 0.5) is 4.39 Å². The van der Waals surface area contributed by atoms with E-state index in [0.717, 1.165) is 24.3 Å². The molecule has 3 heteroatoms. The monoisotopic (exact) mass is 278 g/mol. The summed E-state index contributed by atoms with van der Waals surface area (Å²) in [6.45, 7) is 3.56. The van der Waals surface area contributed by atoms with Gasteiger partial charge in [-0.15, -0.1) is 0 Å². The van der Waals surface area contributed by atoms with E-state index in [0.29, 0.717) is 13.1 Å². The summed E-state index contributed by atoms with van der Waals surface area (Å²) in [5, 5.41) is 0. The van der Waals surface area contributed by atoms with Gasteiger partial charge >= 0.3 is 0 Å². The Bertz CT molecular complexity index is 435. The van der Waals surface area contributed by atoms with Crippen LogP contribution in [0.25, 0.3) is 0 Å². The second-order valence-corrected chi connectivity index (χ2v) is 6.25. The van der Waals surface area contributed by atoms with Crippen LogP contribution in [0.5, 0.6) is 0 Å². The molecule has 2 nitrogen and oxygen atoms in total. The summed E-state index contributed by atoms with van der Waals surface area (Å²) in [5.74, 6) is 0.643. The molecule has 0 bridgehead atoms. The van der Waals surface area contributed by atoms with Gasteiger partial charge in [-0.1, -0.05) is 44.4 Å². The molecule has 2 N–H and O–H groups in total. The molecular formula is C17H27FN2. The standard InChI is InChI=1S/C17H27FN2/c1-3-14-7-6-10-17(11-14,13-19)20(2)12-15-8-4-5-9-16(15)18/h4-5,8-9,14H,3,6-7,10-13,19H2,1-2H3. The first kappa shape index (κ1) is 15.5. The second kappa shape index (κ2) is 6.68. The maximum Gasteiger partial charge on any atom is 0.127 e. The summed E-state index contributed by atoms with van der Waals surface area (Å²) in [5.41, 5.74) is 6.92. The zero-order valence-corrected chi connectivity index (χ0v) is 12.7. The van der Waals surface area contributed by atoms with Gasteiger partial charge < -0.3 is 5.73 Å². The number of hydrogen-bond acceptors (Lipinski definition) is 2. The predicted molar refractivity (Wildman–Crippen MR) is 81.9 cm³/mol. The Labute approximate surface area is 122 Å². The molecule has 20 heavy (non-hydrogen) atoms. The van der Waals surface area contributed by atoms with Crippen LogP contribution in [-0.4, -0.2) is 24.0 Å². The highest BCUT2D eigenvalue weighted by Crippen LogP contribution is 2.37. The highest BCUT2D eigenvalue weighted by atomic mass is 19.1. The number of rotatable bonds is 5. The highest BCUT2D eigenvalue weighted by Gasteiger charge is 2.38. The van der Waals surface area contributed by atoms with E-state index in [9.17, 15) is 4.39 Å². The molecule has 1 fully saturated rings. The number of nitrogens with zero attached hydrogens (tertiary/aromatic N) is 1. The van der Waals surface area contributed by atoms with Gasteiger partial charge in [0.1, 0.15) is 5.82 Å². The van der Waals surface area contributed by atoms with E-state index < -0.39 is 0 Å². The van der Waals surface area contributed by atoms with Gasteiger partial charge in [0.15, 0.2) is 0 Å². The van der Waals surface area contributed by atoms with E-state index in [-0.39, 0.29) is 11.4 Å². The molecule has 112 valence electrons. The minimum atomic E-state index is -0.116. The van der Waals surface area contributed by atoms with E-state index in [4.69, 9.17) is 5.73 Å². The number of nitrogens with two attached hydrogens (primary N) is 1. The first-order valence-electron chi connectivity index (χ1n) is 7.76. The third-order valence-electron chi connectivity index (χ3n) is 5.06. The second-order valence-electron chi connectivity index (χ2n) is 6.25. The van der Waals surface area contributed by atoms with Gasteiger partial charge in [-0.3, -0.25) is 4.90 Å². The molecule has 2 atom stereocenters. The van der Waals surface area contributed by atoms with Gasteiger partial charge in [-0.2, -0.15) is 0 Å². The Morgan fingerprint density at radius 1 is 1.40 bits per heavy atom. The van der Waals surface area contributed by atoms with Crippen molar-refractivity contribution in [2.75, 3.05) is 13.6 Å². The SMILES string of the molecule is CCC1CCCC(CN)(N(C)Cc2ccccc2F)C1. The van der Waals surface area contributed by atoms with Crippen LogP contribution in [0.2, 0.25) is 0 Å². The maximum atomic E-state index is 13.8. The molecule has 0 heterocycles. The molecule has 0 aliphatic heterocycles. The Kier molecular flexibility index (Phi) is 5.17. The molecule has 0 amide bonds. The molecule has 0 aromatic heterocycles.